The summed E-state index contributed by atoms with van der Waals surface area (Å²) in [5.41, 5.74) is 0. The van der Waals surface area contributed by atoms with Crippen molar-refractivity contribution in [1.82, 2.24) is 0 Å². The lowest BCUT2D eigenvalue weighted by Crippen LogP contribution is -1.97. The van der Waals surface area contributed by atoms with Crippen molar-refractivity contribution in [3.05, 3.63) is 19.2 Å². The van der Waals surface area contributed by atoms with Gasteiger partial charge in [0.15, 0.2) is 0 Å². The fraction of sp³-hybridized carbons (Fsp3) is 0.556. The summed E-state index contributed by atoms with van der Waals surface area (Å²) >= 11 is 8.46. The van der Waals surface area contributed by atoms with Crippen molar-refractivity contribution in [2.24, 2.45) is 11.8 Å². The summed E-state index contributed by atoms with van der Waals surface area (Å²) in [7, 11) is 0. The van der Waals surface area contributed by atoms with Crippen LogP contribution in [0.15, 0.2) is 14.3 Å². The number of halogens is 2. The second-order valence-corrected chi connectivity index (χ2v) is 6.85. The van der Waals surface area contributed by atoms with Gasteiger partial charge in [0.05, 0.1) is 9.89 Å². The number of rotatable bonds is 2. The van der Waals surface area contributed by atoms with Crippen LogP contribution in [0.1, 0.15) is 24.3 Å². The average molecular weight is 326 g/mol. The van der Waals surface area contributed by atoms with E-state index in [-0.39, 0.29) is 6.10 Å². The third-order valence-corrected chi connectivity index (χ3v) is 5.86. The molecule has 1 nitrogen and oxygen atoms in total. The molecule has 1 aromatic rings. The molecule has 1 aliphatic rings. The van der Waals surface area contributed by atoms with Crippen LogP contribution in [0.5, 0.6) is 0 Å². The molecule has 0 aromatic carbocycles. The first-order valence-corrected chi connectivity index (χ1v) is 6.62. The fourth-order valence-electron chi connectivity index (χ4n) is 1.51. The van der Waals surface area contributed by atoms with E-state index in [1.54, 1.807) is 11.3 Å². The number of thiophene rings is 1. The van der Waals surface area contributed by atoms with Gasteiger partial charge in [0.25, 0.3) is 0 Å². The van der Waals surface area contributed by atoms with Crippen LogP contribution in [-0.2, 0) is 0 Å². The maximum Gasteiger partial charge on any atom is 0.0913 e. The van der Waals surface area contributed by atoms with E-state index in [1.807, 2.05) is 6.07 Å². The van der Waals surface area contributed by atoms with E-state index in [9.17, 15) is 5.11 Å². The van der Waals surface area contributed by atoms with Gasteiger partial charge in [0.1, 0.15) is 0 Å². The van der Waals surface area contributed by atoms with Gasteiger partial charge >= 0.3 is 0 Å². The Hall–Kier alpha value is 0.620. The zero-order valence-corrected chi connectivity index (χ0v) is 11.1. The smallest absolute Gasteiger partial charge is 0.0913 e. The molecule has 3 unspecified atom stereocenters. The van der Waals surface area contributed by atoms with Gasteiger partial charge in [-0.05, 0) is 56.2 Å². The van der Waals surface area contributed by atoms with Crippen LogP contribution in [0.25, 0.3) is 0 Å². The topological polar surface area (TPSA) is 20.2 Å². The molecule has 72 valence electrons. The van der Waals surface area contributed by atoms with Crippen molar-refractivity contribution in [2.45, 2.75) is 19.4 Å². The summed E-state index contributed by atoms with van der Waals surface area (Å²) in [6.45, 7) is 2.19. The Bertz CT molecular complexity index is 304. The summed E-state index contributed by atoms with van der Waals surface area (Å²) in [4.78, 5) is 1.06. The van der Waals surface area contributed by atoms with Crippen molar-refractivity contribution < 1.29 is 5.11 Å². The molecule has 0 bridgehead atoms. The molecule has 1 N–H and O–H groups in total. The molecule has 4 heteroatoms. The zero-order chi connectivity index (χ0) is 9.59. The van der Waals surface area contributed by atoms with E-state index >= 15 is 0 Å². The van der Waals surface area contributed by atoms with Gasteiger partial charge in [-0.15, -0.1) is 11.3 Å². The molecule has 2 rings (SSSR count). The molecular weight excluding hydrogens is 316 g/mol. The predicted molar refractivity (Wildman–Crippen MR) is 61.9 cm³/mol. The standard InChI is InChI=1S/C9H10Br2OS/c1-4-2-5(4)8(12)7-3-6(10)9(11)13-7/h3-5,8,12H,2H2,1H3. The van der Waals surface area contributed by atoms with Crippen LogP contribution in [0.4, 0.5) is 0 Å². The number of hydrogen-bond donors (Lipinski definition) is 1. The number of aliphatic hydroxyl groups excluding tert-OH is 1. The highest BCUT2D eigenvalue weighted by Crippen LogP contribution is 2.49. The molecule has 0 amide bonds. The van der Waals surface area contributed by atoms with Crippen molar-refractivity contribution in [3.63, 3.8) is 0 Å². The van der Waals surface area contributed by atoms with E-state index in [2.05, 4.69) is 38.8 Å². The summed E-state index contributed by atoms with van der Waals surface area (Å²) in [6.07, 6.45) is 0.900. The fourth-order valence-corrected chi connectivity index (χ4v) is 3.66. The molecule has 0 radical (unpaired) electrons. The Morgan fingerprint density at radius 3 is 2.62 bits per heavy atom. The Morgan fingerprint density at radius 1 is 1.62 bits per heavy atom. The predicted octanol–water partition coefficient (Wildman–Crippen LogP) is 3.96. The van der Waals surface area contributed by atoms with E-state index < -0.39 is 0 Å². The minimum Gasteiger partial charge on any atom is -0.387 e. The molecule has 13 heavy (non-hydrogen) atoms. The Balaban J connectivity index is 2.16. The van der Waals surface area contributed by atoms with Crippen molar-refractivity contribution in [2.75, 3.05) is 0 Å². The van der Waals surface area contributed by atoms with Gasteiger partial charge in [-0.25, -0.2) is 0 Å². The van der Waals surface area contributed by atoms with Gasteiger partial charge in [-0.1, -0.05) is 6.92 Å². The molecule has 3 atom stereocenters. The second kappa shape index (κ2) is 3.65. The molecular formula is C9H10Br2OS. The van der Waals surface area contributed by atoms with E-state index in [0.29, 0.717) is 11.8 Å². The highest BCUT2D eigenvalue weighted by molar-refractivity contribution is 9.13. The summed E-state index contributed by atoms with van der Waals surface area (Å²) < 4.78 is 2.11. The zero-order valence-electron chi connectivity index (χ0n) is 7.13. The van der Waals surface area contributed by atoms with Gasteiger partial charge in [0.2, 0.25) is 0 Å². The number of hydrogen-bond acceptors (Lipinski definition) is 2. The van der Waals surface area contributed by atoms with Crippen LogP contribution < -0.4 is 0 Å². The first-order valence-electron chi connectivity index (χ1n) is 4.22. The molecule has 1 fully saturated rings. The largest absolute Gasteiger partial charge is 0.387 e. The number of aliphatic hydroxyl groups is 1. The molecule has 1 saturated carbocycles. The van der Waals surface area contributed by atoms with Crippen molar-refractivity contribution in [1.29, 1.82) is 0 Å². The quantitative estimate of drug-likeness (QED) is 0.872. The first-order chi connectivity index (χ1) is 6.09. The summed E-state index contributed by atoms with van der Waals surface area (Å²) in [5, 5.41) is 9.94. The van der Waals surface area contributed by atoms with Crippen LogP contribution in [0.3, 0.4) is 0 Å². The van der Waals surface area contributed by atoms with E-state index in [1.165, 1.54) is 0 Å². The normalized spacial score (nSPS) is 28.9. The summed E-state index contributed by atoms with van der Waals surface area (Å²) in [6, 6.07) is 2.00. The van der Waals surface area contributed by atoms with Gasteiger partial charge in [-0.2, -0.15) is 0 Å². The van der Waals surface area contributed by atoms with Gasteiger partial charge in [0, 0.05) is 9.35 Å². The molecule has 0 aliphatic heterocycles. The lowest BCUT2D eigenvalue weighted by atomic mass is 10.2. The minimum atomic E-state index is -0.261. The summed E-state index contributed by atoms with van der Waals surface area (Å²) in [5.74, 6) is 1.17. The Morgan fingerprint density at radius 2 is 2.23 bits per heavy atom. The maximum atomic E-state index is 9.94. The van der Waals surface area contributed by atoms with Gasteiger partial charge in [-0.3, -0.25) is 0 Å². The SMILES string of the molecule is CC1CC1C(O)c1cc(Br)c(Br)s1. The monoisotopic (exact) mass is 324 g/mol. The lowest BCUT2D eigenvalue weighted by molar-refractivity contribution is 0.152. The Kier molecular flexibility index (Phi) is 2.85. The van der Waals surface area contributed by atoms with E-state index in [0.717, 1.165) is 19.6 Å². The van der Waals surface area contributed by atoms with Gasteiger partial charge < -0.3 is 5.11 Å². The molecule has 1 heterocycles. The van der Waals surface area contributed by atoms with Crippen molar-refractivity contribution in [3.8, 4) is 0 Å². The third-order valence-electron chi connectivity index (χ3n) is 2.53. The second-order valence-electron chi connectivity index (χ2n) is 3.59. The van der Waals surface area contributed by atoms with Crippen molar-refractivity contribution >= 4 is 43.2 Å². The van der Waals surface area contributed by atoms with Crippen LogP contribution in [0.2, 0.25) is 0 Å². The van der Waals surface area contributed by atoms with E-state index in [4.69, 9.17) is 0 Å². The maximum absolute atomic E-state index is 9.94. The molecule has 0 saturated heterocycles. The molecule has 1 aliphatic carbocycles. The van der Waals surface area contributed by atoms with Crippen LogP contribution in [0, 0.1) is 11.8 Å². The van der Waals surface area contributed by atoms with Crippen LogP contribution in [-0.4, -0.2) is 5.11 Å². The Labute approximate surface area is 98.4 Å². The first kappa shape index (κ1) is 10.1. The van der Waals surface area contributed by atoms with Crippen LogP contribution >= 0.6 is 43.2 Å². The average Bonchev–Trinajstić information content (AvgIpc) is 2.70. The lowest BCUT2D eigenvalue weighted by Gasteiger charge is -2.05. The molecule has 1 aromatic heterocycles. The molecule has 0 spiro atoms. The minimum absolute atomic E-state index is 0.261. The third kappa shape index (κ3) is 2.01. The highest BCUT2D eigenvalue weighted by atomic mass is 79.9. The highest BCUT2D eigenvalue weighted by Gasteiger charge is 2.40.